The van der Waals surface area contributed by atoms with Gasteiger partial charge in [0.05, 0.1) is 19.6 Å². The summed E-state index contributed by atoms with van der Waals surface area (Å²) in [5, 5.41) is 4.40. The summed E-state index contributed by atoms with van der Waals surface area (Å²) in [5.41, 5.74) is 6.79. The highest BCUT2D eigenvalue weighted by molar-refractivity contribution is 5.88. The van der Waals surface area contributed by atoms with Crippen LogP contribution in [0.15, 0.2) is 0 Å². The summed E-state index contributed by atoms with van der Waals surface area (Å²) >= 11 is 0. The minimum absolute atomic E-state index is 0.222. The normalized spacial score (nSPS) is 9.06. The van der Waals surface area contributed by atoms with Gasteiger partial charge < -0.3 is 21.2 Å². The van der Waals surface area contributed by atoms with Gasteiger partial charge in [-0.15, -0.1) is 0 Å². The van der Waals surface area contributed by atoms with Crippen LogP contribution >= 0.6 is 0 Å². The first kappa shape index (κ1) is 14.8. The summed E-state index contributed by atoms with van der Waals surface area (Å²) in [7, 11) is 0. The van der Waals surface area contributed by atoms with Crippen molar-refractivity contribution in [1.82, 2.24) is 16.1 Å². The second-order valence-corrected chi connectivity index (χ2v) is 2.88. The molecule has 0 unspecified atom stereocenters. The van der Waals surface area contributed by atoms with E-state index in [1.165, 1.54) is 0 Å². The van der Waals surface area contributed by atoms with Crippen LogP contribution in [-0.4, -0.2) is 43.3 Å². The Balaban J connectivity index is 3.66. The maximum atomic E-state index is 11.1. The van der Waals surface area contributed by atoms with Gasteiger partial charge in [-0.25, -0.2) is 0 Å². The lowest BCUT2D eigenvalue weighted by molar-refractivity contribution is -0.155. The minimum Gasteiger partial charge on any atom is -0.346 e. The van der Waals surface area contributed by atoms with Gasteiger partial charge in [-0.2, -0.15) is 5.48 Å². The standard InChI is InChI=1S/C8H14N4O5/c1-5(13)17-12-8(16)4-11-7(15)3-10-6(14)2-9/h2-4,9H2,1H3,(H,10,14)(H,11,15)(H,12,16). The number of carbonyl (C=O) groups is 4. The van der Waals surface area contributed by atoms with Crippen molar-refractivity contribution in [2.75, 3.05) is 19.6 Å². The van der Waals surface area contributed by atoms with E-state index in [9.17, 15) is 19.2 Å². The fraction of sp³-hybridized carbons (Fsp3) is 0.500. The molecular weight excluding hydrogens is 232 g/mol. The van der Waals surface area contributed by atoms with E-state index in [0.717, 1.165) is 6.92 Å². The van der Waals surface area contributed by atoms with Gasteiger partial charge in [0.1, 0.15) is 0 Å². The maximum absolute atomic E-state index is 11.1. The predicted molar refractivity (Wildman–Crippen MR) is 55.0 cm³/mol. The van der Waals surface area contributed by atoms with Crippen molar-refractivity contribution < 1.29 is 24.0 Å². The number of nitrogens with two attached hydrogens (primary N) is 1. The first-order valence-corrected chi connectivity index (χ1v) is 4.65. The topological polar surface area (TPSA) is 140 Å². The third kappa shape index (κ3) is 8.81. The molecule has 0 aromatic heterocycles. The molecule has 0 fully saturated rings. The van der Waals surface area contributed by atoms with E-state index in [2.05, 4.69) is 15.5 Å². The number of hydrogen-bond acceptors (Lipinski definition) is 6. The van der Waals surface area contributed by atoms with E-state index in [0.29, 0.717) is 0 Å². The Morgan fingerprint density at radius 3 is 2.06 bits per heavy atom. The average Bonchev–Trinajstić information content (AvgIpc) is 2.30. The summed E-state index contributed by atoms with van der Waals surface area (Å²) in [5.74, 6) is -2.42. The fourth-order valence-electron chi connectivity index (χ4n) is 0.657. The minimum atomic E-state index is -0.696. The average molecular weight is 246 g/mol. The molecule has 0 heterocycles. The van der Waals surface area contributed by atoms with Crippen molar-refractivity contribution in [3.8, 4) is 0 Å². The number of hydrogen-bond donors (Lipinski definition) is 4. The third-order valence-corrected chi connectivity index (χ3v) is 1.39. The molecule has 0 aliphatic rings. The quantitative estimate of drug-likeness (QED) is 0.376. The molecule has 9 heteroatoms. The molecule has 0 spiro atoms. The monoisotopic (exact) mass is 246 g/mol. The van der Waals surface area contributed by atoms with E-state index in [1.807, 2.05) is 0 Å². The lowest BCUT2D eigenvalue weighted by atomic mass is 10.5. The van der Waals surface area contributed by atoms with Crippen LogP contribution in [0.5, 0.6) is 0 Å². The zero-order chi connectivity index (χ0) is 13.3. The lowest BCUT2D eigenvalue weighted by Crippen LogP contribution is -2.43. The molecule has 17 heavy (non-hydrogen) atoms. The Kier molecular flexibility index (Phi) is 7.02. The Bertz CT molecular complexity index is 317. The highest BCUT2D eigenvalue weighted by Gasteiger charge is 2.07. The SMILES string of the molecule is CC(=O)ONC(=O)CNC(=O)CNC(=O)CN. The van der Waals surface area contributed by atoms with Crippen molar-refractivity contribution in [3.63, 3.8) is 0 Å². The Morgan fingerprint density at radius 1 is 1.00 bits per heavy atom. The first-order chi connectivity index (χ1) is 7.95. The van der Waals surface area contributed by atoms with E-state index in [-0.39, 0.29) is 19.6 Å². The molecule has 0 radical (unpaired) electrons. The molecule has 3 amide bonds. The van der Waals surface area contributed by atoms with E-state index < -0.39 is 23.7 Å². The molecule has 0 saturated carbocycles. The van der Waals surface area contributed by atoms with Crippen LogP contribution in [0.2, 0.25) is 0 Å². The van der Waals surface area contributed by atoms with Crippen LogP contribution in [-0.2, 0) is 24.0 Å². The van der Waals surface area contributed by atoms with Crippen molar-refractivity contribution in [2.45, 2.75) is 6.92 Å². The van der Waals surface area contributed by atoms with Gasteiger partial charge in [-0.3, -0.25) is 19.2 Å². The molecule has 5 N–H and O–H groups in total. The number of carbonyl (C=O) groups excluding carboxylic acids is 4. The van der Waals surface area contributed by atoms with Crippen LogP contribution in [0.25, 0.3) is 0 Å². The Morgan fingerprint density at radius 2 is 1.53 bits per heavy atom. The van der Waals surface area contributed by atoms with Crippen molar-refractivity contribution in [1.29, 1.82) is 0 Å². The van der Waals surface area contributed by atoms with Crippen LogP contribution in [0.1, 0.15) is 6.92 Å². The van der Waals surface area contributed by atoms with Crippen LogP contribution < -0.4 is 21.8 Å². The molecule has 0 rings (SSSR count). The van der Waals surface area contributed by atoms with Gasteiger partial charge in [0.15, 0.2) is 0 Å². The zero-order valence-electron chi connectivity index (χ0n) is 9.24. The number of rotatable bonds is 5. The van der Waals surface area contributed by atoms with Crippen molar-refractivity contribution in [3.05, 3.63) is 0 Å². The van der Waals surface area contributed by atoms with E-state index >= 15 is 0 Å². The fourth-order valence-corrected chi connectivity index (χ4v) is 0.657. The van der Waals surface area contributed by atoms with Crippen LogP contribution in [0.4, 0.5) is 0 Å². The van der Waals surface area contributed by atoms with Gasteiger partial charge in [-0.1, -0.05) is 0 Å². The molecule has 0 aromatic rings. The molecule has 0 aromatic carbocycles. The van der Waals surface area contributed by atoms with E-state index in [1.54, 1.807) is 5.48 Å². The van der Waals surface area contributed by atoms with Gasteiger partial charge in [0.25, 0.3) is 5.91 Å². The Labute approximate surface area is 97.0 Å². The Hall–Kier alpha value is -2.16. The molecular formula is C8H14N4O5. The molecule has 96 valence electrons. The second-order valence-electron chi connectivity index (χ2n) is 2.88. The van der Waals surface area contributed by atoms with Crippen molar-refractivity contribution >= 4 is 23.7 Å². The zero-order valence-corrected chi connectivity index (χ0v) is 9.24. The summed E-state index contributed by atoms with van der Waals surface area (Å²) in [6, 6.07) is 0. The highest BCUT2D eigenvalue weighted by atomic mass is 16.7. The van der Waals surface area contributed by atoms with Crippen LogP contribution in [0.3, 0.4) is 0 Å². The van der Waals surface area contributed by atoms with Gasteiger partial charge in [-0.05, 0) is 0 Å². The molecule has 0 aliphatic heterocycles. The molecule has 0 aliphatic carbocycles. The number of amides is 3. The van der Waals surface area contributed by atoms with Crippen LogP contribution in [0, 0.1) is 0 Å². The van der Waals surface area contributed by atoms with E-state index in [4.69, 9.17) is 5.73 Å². The molecule has 0 bridgehead atoms. The second kappa shape index (κ2) is 8.05. The van der Waals surface area contributed by atoms with Crippen molar-refractivity contribution in [2.24, 2.45) is 5.73 Å². The number of nitrogens with one attached hydrogen (secondary N) is 3. The molecule has 0 atom stereocenters. The summed E-state index contributed by atoms with van der Waals surface area (Å²) in [6.45, 7) is 0.239. The predicted octanol–water partition coefficient (Wildman–Crippen LogP) is -3.23. The molecule has 9 nitrogen and oxygen atoms in total. The lowest BCUT2D eigenvalue weighted by Gasteiger charge is -2.06. The van der Waals surface area contributed by atoms with Gasteiger partial charge in [0.2, 0.25) is 11.8 Å². The highest BCUT2D eigenvalue weighted by Crippen LogP contribution is 1.71. The largest absolute Gasteiger partial charge is 0.346 e. The third-order valence-electron chi connectivity index (χ3n) is 1.39. The summed E-state index contributed by atoms with van der Waals surface area (Å²) in [6.07, 6.45) is 0. The molecule has 0 saturated heterocycles. The maximum Gasteiger partial charge on any atom is 0.329 e. The smallest absolute Gasteiger partial charge is 0.329 e. The van der Waals surface area contributed by atoms with Gasteiger partial charge in [0, 0.05) is 6.92 Å². The summed E-state index contributed by atoms with van der Waals surface area (Å²) < 4.78 is 0. The number of hydroxylamine groups is 1. The first-order valence-electron chi connectivity index (χ1n) is 4.65. The van der Waals surface area contributed by atoms with Gasteiger partial charge >= 0.3 is 5.97 Å². The summed E-state index contributed by atoms with van der Waals surface area (Å²) in [4.78, 5) is 47.2.